The lowest BCUT2D eigenvalue weighted by atomic mass is 10.4. The Morgan fingerprint density at radius 3 is 2.89 bits per heavy atom. The second-order valence-corrected chi connectivity index (χ2v) is 6.39. The first kappa shape index (κ1) is 12.7. The van der Waals surface area contributed by atoms with Gasteiger partial charge in [0.2, 0.25) is 5.65 Å². The maximum absolute atomic E-state index is 11.0. The summed E-state index contributed by atoms with van der Waals surface area (Å²) in [6.07, 6.45) is 5.21. The molecule has 0 saturated carbocycles. The molecule has 1 N–H and O–H groups in total. The summed E-state index contributed by atoms with van der Waals surface area (Å²) in [6, 6.07) is 0. The van der Waals surface area contributed by atoms with Gasteiger partial charge in [-0.15, -0.1) is 10.2 Å². The van der Waals surface area contributed by atoms with Crippen molar-refractivity contribution in [3.05, 3.63) is 18.2 Å². The van der Waals surface area contributed by atoms with Gasteiger partial charge in [0.1, 0.15) is 15.7 Å². The highest BCUT2D eigenvalue weighted by Crippen LogP contribution is 2.11. The molecule has 0 aromatic carbocycles. The van der Waals surface area contributed by atoms with Crippen molar-refractivity contribution in [1.29, 1.82) is 0 Å². The third-order valence-corrected chi connectivity index (χ3v) is 3.51. The fraction of sp³-hybridized carbons (Fsp3) is 0.500. The molecule has 18 heavy (non-hydrogen) atoms. The van der Waals surface area contributed by atoms with Gasteiger partial charge in [-0.3, -0.25) is 4.40 Å². The average molecular weight is 269 g/mol. The van der Waals surface area contributed by atoms with E-state index in [4.69, 9.17) is 0 Å². The number of sulfone groups is 1. The highest BCUT2D eigenvalue weighted by atomic mass is 32.2. The predicted octanol–water partition coefficient (Wildman–Crippen LogP) is 0.279. The highest BCUT2D eigenvalue weighted by Gasteiger charge is 2.07. The van der Waals surface area contributed by atoms with Crippen LogP contribution in [0.4, 0.5) is 5.82 Å². The van der Waals surface area contributed by atoms with E-state index in [1.165, 1.54) is 6.26 Å². The number of hydrogen-bond acceptors (Lipinski definition) is 6. The second-order valence-electron chi connectivity index (χ2n) is 4.13. The van der Waals surface area contributed by atoms with Crippen LogP contribution in [0.5, 0.6) is 0 Å². The van der Waals surface area contributed by atoms with E-state index in [9.17, 15) is 8.42 Å². The number of nitrogens with one attached hydrogen (secondary N) is 1. The normalized spacial score (nSPS) is 11.9. The summed E-state index contributed by atoms with van der Waals surface area (Å²) in [6.45, 7) is 2.39. The van der Waals surface area contributed by atoms with Gasteiger partial charge in [-0.05, 0) is 13.3 Å². The maximum Gasteiger partial charge on any atom is 0.203 e. The van der Waals surface area contributed by atoms with Gasteiger partial charge < -0.3 is 5.32 Å². The zero-order valence-corrected chi connectivity index (χ0v) is 11.1. The van der Waals surface area contributed by atoms with Crippen molar-refractivity contribution >= 4 is 21.3 Å². The van der Waals surface area contributed by atoms with Gasteiger partial charge >= 0.3 is 0 Å². The van der Waals surface area contributed by atoms with Crippen LogP contribution in [0.25, 0.3) is 5.65 Å². The van der Waals surface area contributed by atoms with Crippen LogP contribution in [-0.2, 0) is 9.84 Å². The molecule has 0 atom stereocenters. The molecule has 8 heteroatoms. The molecular weight excluding hydrogens is 254 g/mol. The lowest BCUT2D eigenvalue weighted by molar-refractivity contribution is 0.600. The molecule has 0 bridgehead atoms. The average Bonchev–Trinajstić information content (AvgIpc) is 2.67. The summed E-state index contributed by atoms with van der Waals surface area (Å²) in [4.78, 5) is 4.17. The molecule has 0 amide bonds. The Labute approximate surface area is 105 Å². The molecule has 0 radical (unpaired) electrons. The summed E-state index contributed by atoms with van der Waals surface area (Å²) in [5.41, 5.74) is 0.648. The quantitative estimate of drug-likeness (QED) is 0.784. The minimum Gasteiger partial charge on any atom is -0.367 e. The molecule has 2 heterocycles. The highest BCUT2D eigenvalue weighted by molar-refractivity contribution is 7.90. The molecule has 7 nitrogen and oxygen atoms in total. The number of rotatable bonds is 5. The summed E-state index contributed by atoms with van der Waals surface area (Å²) in [7, 11) is -2.91. The molecule has 0 unspecified atom stereocenters. The van der Waals surface area contributed by atoms with E-state index in [-0.39, 0.29) is 5.75 Å². The van der Waals surface area contributed by atoms with Gasteiger partial charge in [-0.1, -0.05) is 0 Å². The predicted molar refractivity (Wildman–Crippen MR) is 68.3 cm³/mol. The number of fused-ring (bicyclic) bond motifs is 1. The molecule has 0 fully saturated rings. The van der Waals surface area contributed by atoms with Crippen LogP contribution in [0, 0.1) is 6.92 Å². The van der Waals surface area contributed by atoms with Crippen LogP contribution in [0.2, 0.25) is 0 Å². The lowest BCUT2D eigenvalue weighted by Gasteiger charge is -2.05. The first-order chi connectivity index (χ1) is 8.47. The van der Waals surface area contributed by atoms with Gasteiger partial charge in [0.05, 0.1) is 5.75 Å². The zero-order valence-electron chi connectivity index (χ0n) is 10.3. The van der Waals surface area contributed by atoms with Crippen LogP contribution in [0.1, 0.15) is 12.2 Å². The Kier molecular flexibility index (Phi) is 3.46. The van der Waals surface area contributed by atoms with Crippen LogP contribution in [0.15, 0.2) is 12.4 Å². The summed E-state index contributed by atoms with van der Waals surface area (Å²) in [5.74, 6) is 1.56. The summed E-state index contributed by atoms with van der Waals surface area (Å²) < 4.78 is 23.8. The van der Waals surface area contributed by atoms with Crippen molar-refractivity contribution in [2.24, 2.45) is 0 Å². The SMILES string of the molecule is Cc1nnc2c(NCCCS(C)(=O)=O)nccn12. The van der Waals surface area contributed by atoms with E-state index < -0.39 is 9.84 Å². The van der Waals surface area contributed by atoms with E-state index in [1.807, 2.05) is 11.3 Å². The molecule has 2 rings (SSSR count). The molecule has 2 aromatic rings. The van der Waals surface area contributed by atoms with Crippen LogP contribution < -0.4 is 5.32 Å². The van der Waals surface area contributed by atoms with Gasteiger partial charge in [-0.2, -0.15) is 0 Å². The minimum absolute atomic E-state index is 0.162. The first-order valence-corrected chi connectivity index (χ1v) is 7.61. The van der Waals surface area contributed by atoms with Crippen LogP contribution in [0.3, 0.4) is 0 Å². The fourth-order valence-corrected chi connectivity index (χ4v) is 2.28. The van der Waals surface area contributed by atoms with E-state index in [1.54, 1.807) is 12.4 Å². The monoisotopic (exact) mass is 269 g/mol. The number of aromatic nitrogens is 4. The van der Waals surface area contributed by atoms with Gasteiger partial charge in [0.15, 0.2) is 5.82 Å². The van der Waals surface area contributed by atoms with Crippen molar-refractivity contribution in [2.45, 2.75) is 13.3 Å². The maximum atomic E-state index is 11.0. The molecule has 0 aliphatic rings. The largest absolute Gasteiger partial charge is 0.367 e. The van der Waals surface area contributed by atoms with Crippen LogP contribution in [-0.4, -0.2) is 46.6 Å². The molecule has 0 aliphatic heterocycles. The summed E-state index contributed by atoms with van der Waals surface area (Å²) >= 11 is 0. The van der Waals surface area contributed by atoms with Crippen molar-refractivity contribution in [2.75, 3.05) is 23.9 Å². The number of nitrogens with zero attached hydrogens (tertiary/aromatic N) is 4. The topological polar surface area (TPSA) is 89.2 Å². The van der Waals surface area contributed by atoms with Crippen molar-refractivity contribution in [1.82, 2.24) is 19.6 Å². The third kappa shape index (κ3) is 2.95. The van der Waals surface area contributed by atoms with E-state index in [0.29, 0.717) is 24.4 Å². The standard InChI is InChI=1S/C10H15N5O2S/c1-8-13-14-10-9(12-5-6-15(8)10)11-4-3-7-18(2,16)17/h5-6H,3-4,7H2,1-2H3,(H,11,12). The fourth-order valence-electron chi connectivity index (χ4n) is 1.61. The Morgan fingerprint density at radius 2 is 2.17 bits per heavy atom. The Bertz CT molecular complexity index is 649. The van der Waals surface area contributed by atoms with Crippen molar-refractivity contribution in [3.63, 3.8) is 0 Å². The van der Waals surface area contributed by atoms with Crippen LogP contribution >= 0.6 is 0 Å². The molecular formula is C10H15N5O2S. The Morgan fingerprint density at radius 1 is 1.39 bits per heavy atom. The van der Waals surface area contributed by atoms with E-state index in [0.717, 1.165) is 5.82 Å². The molecule has 0 spiro atoms. The van der Waals surface area contributed by atoms with Crippen molar-refractivity contribution in [3.8, 4) is 0 Å². The van der Waals surface area contributed by atoms with Crippen molar-refractivity contribution < 1.29 is 8.42 Å². The smallest absolute Gasteiger partial charge is 0.203 e. The zero-order chi connectivity index (χ0) is 13.2. The summed E-state index contributed by atoms with van der Waals surface area (Å²) in [5, 5.41) is 11.1. The molecule has 0 saturated heterocycles. The lowest BCUT2D eigenvalue weighted by Crippen LogP contribution is -2.11. The van der Waals surface area contributed by atoms with Gasteiger partial charge in [0.25, 0.3) is 0 Å². The second kappa shape index (κ2) is 4.89. The molecule has 0 aliphatic carbocycles. The minimum atomic E-state index is -2.91. The number of anilines is 1. The number of hydrogen-bond donors (Lipinski definition) is 1. The first-order valence-electron chi connectivity index (χ1n) is 5.55. The number of aryl methyl sites for hydroxylation is 1. The van der Waals surface area contributed by atoms with E-state index in [2.05, 4.69) is 20.5 Å². The van der Waals surface area contributed by atoms with Gasteiger partial charge in [0, 0.05) is 25.2 Å². The third-order valence-electron chi connectivity index (χ3n) is 2.48. The van der Waals surface area contributed by atoms with Gasteiger partial charge in [-0.25, -0.2) is 13.4 Å². The Hall–Kier alpha value is -1.70. The molecule has 2 aromatic heterocycles. The van der Waals surface area contributed by atoms with E-state index >= 15 is 0 Å². The Balaban J connectivity index is 2.04. The molecule has 98 valence electrons.